The second-order valence-corrected chi connectivity index (χ2v) is 6.00. The van der Waals surface area contributed by atoms with Crippen LogP contribution in [0.3, 0.4) is 0 Å². The molecule has 6 nitrogen and oxygen atoms in total. The Morgan fingerprint density at radius 1 is 1.30 bits per heavy atom. The Hall–Kier alpha value is -3.10. The van der Waals surface area contributed by atoms with Gasteiger partial charge < -0.3 is 15.0 Å². The first-order valence-corrected chi connectivity index (χ1v) is 8.07. The van der Waals surface area contributed by atoms with Crippen molar-refractivity contribution in [1.29, 1.82) is 0 Å². The first kappa shape index (κ1) is 18.7. The van der Waals surface area contributed by atoms with Crippen LogP contribution in [0.15, 0.2) is 42.6 Å². The highest BCUT2D eigenvalue weighted by Crippen LogP contribution is 2.33. The van der Waals surface area contributed by atoms with Gasteiger partial charge >= 0.3 is 6.18 Å². The summed E-state index contributed by atoms with van der Waals surface area (Å²) in [4.78, 5) is 29.9. The van der Waals surface area contributed by atoms with Gasteiger partial charge in [-0.1, -0.05) is 6.07 Å². The summed E-state index contributed by atoms with van der Waals surface area (Å²) in [6.07, 6.45) is -3.13. The topological polar surface area (TPSA) is 71.5 Å². The number of methoxy groups -OCH3 is 1. The fourth-order valence-corrected chi connectivity index (χ4v) is 2.85. The zero-order valence-corrected chi connectivity index (χ0v) is 14.3. The van der Waals surface area contributed by atoms with Gasteiger partial charge in [0.15, 0.2) is 11.6 Å². The number of ether oxygens (including phenoxy) is 1. The predicted octanol–water partition coefficient (Wildman–Crippen LogP) is 3.10. The molecule has 2 aromatic rings. The Morgan fingerprint density at radius 2 is 2.07 bits per heavy atom. The lowest BCUT2D eigenvalue weighted by atomic mass is 10.1. The Kier molecular flexibility index (Phi) is 5.02. The molecule has 1 aromatic carbocycles. The number of pyridine rings is 1. The van der Waals surface area contributed by atoms with E-state index in [1.54, 1.807) is 12.1 Å². The van der Waals surface area contributed by atoms with E-state index in [0.29, 0.717) is 5.75 Å². The minimum absolute atomic E-state index is 0.0128. The number of alkyl halides is 3. The van der Waals surface area contributed by atoms with Crippen molar-refractivity contribution in [2.24, 2.45) is 5.92 Å². The van der Waals surface area contributed by atoms with Crippen LogP contribution in [0.5, 0.6) is 5.75 Å². The summed E-state index contributed by atoms with van der Waals surface area (Å²) in [5.74, 6) is -0.990. The zero-order valence-electron chi connectivity index (χ0n) is 14.3. The molecule has 3 rings (SSSR count). The Morgan fingerprint density at radius 3 is 2.78 bits per heavy atom. The van der Waals surface area contributed by atoms with Gasteiger partial charge in [-0.15, -0.1) is 0 Å². The molecule has 0 spiro atoms. The first-order valence-electron chi connectivity index (χ1n) is 8.07. The van der Waals surface area contributed by atoms with Gasteiger partial charge in [0.05, 0.1) is 18.6 Å². The molecular formula is C18H16F3N3O3. The van der Waals surface area contributed by atoms with E-state index in [0.717, 1.165) is 12.1 Å². The lowest BCUT2D eigenvalue weighted by molar-refractivity contribution is -0.137. The summed E-state index contributed by atoms with van der Waals surface area (Å²) in [6, 6.07) is 7.74. The Labute approximate surface area is 152 Å². The molecule has 1 aliphatic rings. The highest BCUT2D eigenvalue weighted by Gasteiger charge is 2.37. The van der Waals surface area contributed by atoms with Crippen LogP contribution >= 0.6 is 0 Å². The van der Waals surface area contributed by atoms with Crippen LogP contribution in [-0.2, 0) is 15.8 Å². The molecule has 0 aliphatic carbocycles. The molecule has 2 heterocycles. The second-order valence-electron chi connectivity index (χ2n) is 6.00. The smallest absolute Gasteiger partial charge is 0.416 e. The van der Waals surface area contributed by atoms with Gasteiger partial charge in [-0.2, -0.15) is 13.2 Å². The number of hydrogen-bond acceptors (Lipinski definition) is 4. The van der Waals surface area contributed by atoms with Crippen molar-refractivity contribution in [3.63, 3.8) is 0 Å². The Bertz CT molecular complexity index is 870. The van der Waals surface area contributed by atoms with Gasteiger partial charge in [0.2, 0.25) is 11.8 Å². The van der Waals surface area contributed by atoms with Crippen LogP contribution in [0.2, 0.25) is 0 Å². The van der Waals surface area contributed by atoms with Crippen LogP contribution in [-0.4, -0.2) is 30.5 Å². The van der Waals surface area contributed by atoms with Crippen molar-refractivity contribution >= 4 is 23.3 Å². The van der Waals surface area contributed by atoms with Crippen molar-refractivity contribution in [2.75, 3.05) is 23.9 Å². The van der Waals surface area contributed by atoms with Gasteiger partial charge in [-0.25, -0.2) is 4.98 Å². The first-order chi connectivity index (χ1) is 12.8. The molecule has 9 heteroatoms. The van der Waals surface area contributed by atoms with Gasteiger partial charge in [-0.3, -0.25) is 9.59 Å². The minimum Gasteiger partial charge on any atom is -0.493 e. The maximum absolute atomic E-state index is 12.9. The molecule has 27 heavy (non-hydrogen) atoms. The van der Waals surface area contributed by atoms with E-state index in [4.69, 9.17) is 4.74 Å². The number of hydrogen-bond donors (Lipinski definition) is 1. The van der Waals surface area contributed by atoms with E-state index >= 15 is 0 Å². The molecule has 1 N–H and O–H groups in total. The number of anilines is 2. The number of aromatic nitrogens is 1. The number of nitrogens with one attached hydrogen (secondary N) is 1. The maximum atomic E-state index is 12.9. The molecule has 1 aliphatic heterocycles. The lowest BCUT2D eigenvalue weighted by Gasteiger charge is -2.18. The minimum atomic E-state index is -4.51. The second kappa shape index (κ2) is 7.26. The van der Waals surface area contributed by atoms with Gasteiger partial charge in [0, 0.05) is 24.8 Å². The largest absolute Gasteiger partial charge is 0.493 e. The van der Waals surface area contributed by atoms with E-state index < -0.39 is 29.5 Å². The number of carbonyl (C=O) groups is 2. The number of amides is 2. The quantitative estimate of drug-likeness (QED) is 0.886. The van der Waals surface area contributed by atoms with E-state index in [-0.39, 0.29) is 24.5 Å². The molecule has 1 fully saturated rings. The average Bonchev–Trinajstić information content (AvgIpc) is 3.03. The third kappa shape index (κ3) is 4.02. The monoisotopic (exact) mass is 379 g/mol. The van der Waals surface area contributed by atoms with E-state index in [9.17, 15) is 22.8 Å². The third-order valence-corrected chi connectivity index (χ3v) is 4.21. The van der Waals surface area contributed by atoms with E-state index in [1.165, 1.54) is 30.3 Å². The molecule has 0 saturated carbocycles. The van der Waals surface area contributed by atoms with Crippen LogP contribution in [0.1, 0.15) is 12.0 Å². The number of halogens is 3. The number of nitrogens with zero attached hydrogens (tertiary/aromatic N) is 2. The molecule has 2 amide bonds. The summed E-state index contributed by atoms with van der Waals surface area (Å²) in [5.41, 5.74) is -0.737. The van der Waals surface area contributed by atoms with E-state index in [1.807, 2.05) is 0 Å². The summed E-state index contributed by atoms with van der Waals surface area (Å²) >= 11 is 0. The molecular weight excluding hydrogens is 363 g/mol. The van der Waals surface area contributed by atoms with Gasteiger partial charge in [0.1, 0.15) is 0 Å². The van der Waals surface area contributed by atoms with Crippen molar-refractivity contribution in [1.82, 2.24) is 4.98 Å². The van der Waals surface area contributed by atoms with Gasteiger partial charge in [0.25, 0.3) is 0 Å². The fraction of sp³-hybridized carbons (Fsp3) is 0.278. The standard InChI is InChI=1S/C18H16F3N3O3/c1-27-14-6-3-7-22-16(14)23-17(26)11-8-15(25)24(10-11)13-5-2-4-12(9-13)18(19,20)21/h2-7,9,11H,8,10H2,1H3,(H,22,23,26). The normalized spacial score (nSPS) is 17.1. The average molecular weight is 379 g/mol. The molecule has 142 valence electrons. The van der Waals surface area contributed by atoms with Crippen LogP contribution < -0.4 is 15.0 Å². The highest BCUT2D eigenvalue weighted by atomic mass is 19.4. The SMILES string of the molecule is COc1cccnc1NC(=O)C1CC(=O)N(c2cccc(C(F)(F)F)c2)C1. The van der Waals surface area contributed by atoms with Crippen LogP contribution in [0.4, 0.5) is 24.7 Å². The summed E-state index contributed by atoms with van der Waals surface area (Å²) in [5, 5.41) is 2.60. The Balaban J connectivity index is 1.75. The molecule has 1 unspecified atom stereocenters. The number of carbonyl (C=O) groups excluding carboxylic acids is 2. The van der Waals surface area contributed by atoms with Gasteiger partial charge in [-0.05, 0) is 30.3 Å². The lowest BCUT2D eigenvalue weighted by Crippen LogP contribution is -2.28. The molecule has 1 aromatic heterocycles. The summed E-state index contributed by atoms with van der Waals surface area (Å²) in [6.45, 7) is -0.0128. The van der Waals surface area contributed by atoms with Crippen molar-refractivity contribution in [3.8, 4) is 5.75 Å². The third-order valence-electron chi connectivity index (χ3n) is 4.21. The number of rotatable bonds is 4. The number of benzene rings is 1. The predicted molar refractivity (Wildman–Crippen MR) is 91.3 cm³/mol. The van der Waals surface area contributed by atoms with Crippen LogP contribution in [0.25, 0.3) is 0 Å². The molecule has 0 bridgehead atoms. The van der Waals surface area contributed by atoms with Crippen molar-refractivity contribution in [2.45, 2.75) is 12.6 Å². The van der Waals surface area contributed by atoms with Crippen molar-refractivity contribution < 1.29 is 27.5 Å². The summed E-state index contributed by atoms with van der Waals surface area (Å²) < 4.78 is 43.8. The van der Waals surface area contributed by atoms with E-state index in [2.05, 4.69) is 10.3 Å². The molecule has 1 saturated heterocycles. The fourth-order valence-electron chi connectivity index (χ4n) is 2.85. The molecule has 1 atom stereocenters. The highest BCUT2D eigenvalue weighted by molar-refractivity contribution is 6.03. The maximum Gasteiger partial charge on any atom is 0.416 e. The van der Waals surface area contributed by atoms with Crippen LogP contribution in [0, 0.1) is 5.92 Å². The van der Waals surface area contributed by atoms with Crippen molar-refractivity contribution in [3.05, 3.63) is 48.2 Å². The zero-order chi connectivity index (χ0) is 19.6. The molecule has 0 radical (unpaired) electrons. The summed E-state index contributed by atoms with van der Waals surface area (Å²) in [7, 11) is 1.43.